The summed E-state index contributed by atoms with van der Waals surface area (Å²) < 4.78 is 10.8. The van der Waals surface area contributed by atoms with Crippen molar-refractivity contribution >= 4 is 17.5 Å². The maximum absolute atomic E-state index is 12.3. The third kappa shape index (κ3) is 5.46. The van der Waals surface area contributed by atoms with Crippen LogP contribution in [0.1, 0.15) is 26.7 Å². The van der Waals surface area contributed by atoms with Gasteiger partial charge in [0.25, 0.3) is 0 Å². The number of para-hydroxylation sites is 2. The molecule has 2 rings (SSSR count). The number of rotatable bonds is 9. The van der Waals surface area contributed by atoms with Crippen LogP contribution < -0.4 is 15.0 Å². The molecule has 1 saturated heterocycles. The Hall–Kier alpha value is -2.08. The number of nitrogens with one attached hydrogen (secondary N) is 1. The molecule has 1 aromatic carbocycles. The fourth-order valence-electron chi connectivity index (χ4n) is 2.82. The van der Waals surface area contributed by atoms with Gasteiger partial charge in [0, 0.05) is 32.7 Å². The molecule has 1 fully saturated rings. The highest BCUT2D eigenvalue weighted by atomic mass is 16.5. The Labute approximate surface area is 149 Å². The highest BCUT2D eigenvalue weighted by Gasteiger charge is 2.35. The first-order valence-electron chi connectivity index (χ1n) is 8.81. The van der Waals surface area contributed by atoms with E-state index < -0.39 is 0 Å². The molecule has 1 aromatic rings. The van der Waals surface area contributed by atoms with E-state index in [0.29, 0.717) is 37.1 Å². The van der Waals surface area contributed by atoms with Crippen molar-refractivity contribution in [2.24, 2.45) is 11.8 Å². The van der Waals surface area contributed by atoms with Gasteiger partial charge < -0.3 is 19.7 Å². The van der Waals surface area contributed by atoms with Crippen LogP contribution in [0.3, 0.4) is 0 Å². The molecule has 6 heteroatoms. The SMILES string of the molecule is COc1ccccc1N1CC(C(=O)NCCCOCC(C)C)CC1=O. The molecular weight excluding hydrogens is 320 g/mol. The lowest BCUT2D eigenvalue weighted by Crippen LogP contribution is -2.34. The van der Waals surface area contributed by atoms with E-state index in [-0.39, 0.29) is 24.2 Å². The Morgan fingerprint density at radius 1 is 1.36 bits per heavy atom. The molecule has 0 bridgehead atoms. The highest BCUT2D eigenvalue weighted by Crippen LogP contribution is 2.32. The van der Waals surface area contributed by atoms with Crippen LogP contribution in [0.15, 0.2) is 24.3 Å². The Bertz CT molecular complexity index is 589. The van der Waals surface area contributed by atoms with Crippen molar-refractivity contribution in [3.63, 3.8) is 0 Å². The summed E-state index contributed by atoms with van der Waals surface area (Å²) in [5.41, 5.74) is 0.715. The second kappa shape index (κ2) is 9.42. The zero-order valence-corrected chi connectivity index (χ0v) is 15.3. The largest absolute Gasteiger partial charge is 0.495 e. The Morgan fingerprint density at radius 3 is 2.84 bits per heavy atom. The van der Waals surface area contributed by atoms with E-state index in [1.165, 1.54) is 0 Å². The van der Waals surface area contributed by atoms with Crippen molar-refractivity contribution in [2.45, 2.75) is 26.7 Å². The number of benzene rings is 1. The number of nitrogens with zero attached hydrogens (tertiary/aromatic N) is 1. The molecule has 0 saturated carbocycles. The third-order valence-corrected chi connectivity index (χ3v) is 4.09. The third-order valence-electron chi connectivity index (χ3n) is 4.09. The summed E-state index contributed by atoms with van der Waals surface area (Å²) in [4.78, 5) is 26.2. The van der Waals surface area contributed by atoms with E-state index in [4.69, 9.17) is 9.47 Å². The Balaban J connectivity index is 1.80. The van der Waals surface area contributed by atoms with Gasteiger partial charge in [-0.3, -0.25) is 9.59 Å². The smallest absolute Gasteiger partial charge is 0.227 e. The average Bonchev–Trinajstić information content (AvgIpc) is 2.99. The van der Waals surface area contributed by atoms with Crippen molar-refractivity contribution < 1.29 is 19.1 Å². The summed E-state index contributed by atoms with van der Waals surface area (Å²) >= 11 is 0. The van der Waals surface area contributed by atoms with E-state index in [9.17, 15) is 9.59 Å². The zero-order valence-electron chi connectivity index (χ0n) is 15.3. The summed E-state index contributed by atoms with van der Waals surface area (Å²) in [5.74, 6) is 0.702. The monoisotopic (exact) mass is 348 g/mol. The van der Waals surface area contributed by atoms with Crippen LogP contribution in [0.2, 0.25) is 0 Å². The van der Waals surface area contributed by atoms with Crippen LogP contribution in [0.5, 0.6) is 5.75 Å². The van der Waals surface area contributed by atoms with Crippen molar-refractivity contribution in [3.05, 3.63) is 24.3 Å². The van der Waals surface area contributed by atoms with Gasteiger partial charge >= 0.3 is 0 Å². The molecule has 1 aliphatic heterocycles. The Morgan fingerprint density at radius 2 is 2.12 bits per heavy atom. The number of ether oxygens (including phenoxy) is 2. The van der Waals surface area contributed by atoms with Crippen LogP contribution >= 0.6 is 0 Å². The van der Waals surface area contributed by atoms with Crippen LogP contribution in [0.4, 0.5) is 5.69 Å². The van der Waals surface area contributed by atoms with Gasteiger partial charge in [0.1, 0.15) is 5.75 Å². The minimum Gasteiger partial charge on any atom is -0.495 e. The maximum atomic E-state index is 12.3. The molecule has 1 unspecified atom stereocenters. The molecule has 1 heterocycles. The van der Waals surface area contributed by atoms with Crippen LogP contribution in [0, 0.1) is 11.8 Å². The molecular formula is C19H28N2O4. The van der Waals surface area contributed by atoms with Gasteiger partial charge in [0.05, 0.1) is 18.7 Å². The molecule has 1 atom stereocenters. The lowest BCUT2D eigenvalue weighted by atomic mass is 10.1. The highest BCUT2D eigenvalue weighted by molar-refractivity contribution is 6.01. The first kappa shape index (κ1) is 19.2. The predicted octanol–water partition coefficient (Wildman–Crippen LogP) is 2.23. The van der Waals surface area contributed by atoms with Gasteiger partial charge in [0.15, 0.2) is 0 Å². The van der Waals surface area contributed by atoms with Crippen LogP contribution in [-0.2, 0) is 14.3 Å². The van der Waals surface area contributed by atoms with Crippen LogP contribution in [0.25, 0.3) is 0 Å². The number of hydrogen-bond donors (Lipinski definition) is 1. The number of amides is 2. The second-order valence-corrected chi connectivity index (χ2v) is 6.69. The van der Waals surface area contributed by atoms with E-state index in [1.807, 2.05) is 24.3 Å². The number of carbonyl (C=O) groups excluding carboxylic acids is 2. The molecule has 2 amide bonds. The van der Waals surface area contributed by atoms with Gasteiger partial charge in [-0.2, -0.15) is 0 Å². The van der Waals surface area contributed by atoms with E-state index in [1.54, 1.807) is 12.0 Å². The standard InChI is InChI=1S/C19H28N2O4/c1-14(2)13-25-10-6-9-20-19(23)15-11-18(22)21(12-15)16-7-4-5-8-17(16)24-3/h4-5,7-8,14-15H,6,9-13H2,1-3H3,(H,20,23). The number of methoxy groups -OCH3 is 1. The molecule has 0 aromatic heterocycles. The minimum absolute atomic E-state index is 0.0510. The molecule has 0 aliphatic carbocycles. The molecule has 138 valence electrons. The second-order valence-electron chi connectivity index (χ2n) is 6.69. The lowest BCUT2D eigenvalue weighted by molar-refractivity contribution is -0.126. The summed E-state index contributed by atoms with van der Waals surface area (Å²) in [6.45, 7) is 6.53. The molecule has 6 nitrogen and oxygen atoms in total. The summed E-state index contributed by atoms with van der Waals surface area (Å²) in [5, 5.41) is 2.90. The zero-order chi connectivity index (χ0) is 18.2. The van der Waals surface area contributed by atoms with Crippen molar-refractivity contribution in [1.82, 2.24) is 5.32 Å². The van der Waals surface area contributed by atoms with Gasteiger partial charge in [-0.25, -0.2) is 0 Å². The first-order chi connectivity index (χ1) is 12.0. The molecule has 25 heavy (non-hydrogen) atoms. The molecule has 0 radical (unpaired) electrons. The maximum Gasteiger partial charge on any atom is 0.227 e. The topological polar surface area (TPSA) is 67.9 Å². The van der Waals surface area contributed by atoms with E-state index in [0.717, 1.165) is 13.0 Å². The molecule has 0 spiro atoms. The minimum atomic E-state index is -0.325. The van der Waals surface area contributed by atoms with Gasteiger partial charge in [-0.15, -0.1) is 0 Å². The van der Waals surface area contributed by atoms with Gasteiger partial charge in [-0.05, 0) is 24.5 Å². The van der Waals surface area contributed by atoms with E-state index >= 15 is 0 Å². The van der Waals surface area contributed by atoms with Gasteiger partial charge in [-0.1, -0.05) is 26.0 Å². The average molecular weight is 348 g/mol. The van der Waals surface area contributed by atoms with Crippen molar-refractivity contribution in [2.75, 3.05) is 38.3 Å². The summed E-state index contributed by atoms with van der Waals surface area (Å²) in [6, 6.07) is 7.36. The first-order valence-corrected chi connectivity index (χ1v) is 8.81. The quantitative estimate of drug-likeness (QED) is 0.695. The fraction of sp³-hybridized carbons (Fsp3) is 0.579. The number of anilines is 1. The Kier molecular flexibility index (Phi) is 7.25. The predicted molar refractivity (Wildman–Crippen MR) is 96.7 cm³/mol. The number of carbonyl (C=O) groups is 2. The van der Waals surface area contributed by atoms with Crippen molar-refractivity contribution in [1.29, 1.82) is 0 Å². The van der Waals surface area contributed by atoms with Gasteiger partial charge in [0.2, 0.25) is 11.8 Å². The molecule has 1 aliphatic rings. The normalized spacial score (nSPS) is 17.2. The lowest BCUT2D eigenvalue weighted by Gasteiger charge is -2.19. The van der Waals surface area contributed by atoms with Crippen molar-refractivity contribution in [3.8, 4) is 5.75 Å². The van der Waals surface area contributed by atoms with Crippen LogP contribution in [-0.4, -0.2) is 45.2 Å². The summed E-state index contributed by atoms with van der Waals surface area (Å²) in [7, 11) is 1.57. The van der Waals surface area contributed by atoms with E-state index in [2.05, 4.69) is 19.2 Å². The molecule has 1 N–H and O–H groups in total. The summed E-state index contributed by atoms with van der Waals surface area (Å²) in [6.07, 6.45) is 1.00. The number of hydrogen-bond acceptors (Lipinski definition) is 4. The fourth-order valence-corrected chi connectivity index (χ4v) is 2.82.